The highest BCUT2D eigenvalue weighted by atomic mass is 16.5. The van der Waals surface area contributed by atoms with E-state index in [1.54, 1.807) is 25.4 Å². The molecule has 0 atom stereocenters. The lowest BCUT2D eigenvalue weighted by Crippen LogP contribution is -2.14. The molecule has 2 N–H and O–H groups in total. The van der Waals surface area contributed by atoms with E-state index >= 15 is 0 Å². The van der Waals surface area contributed by atoms with Crippen LogP contribution in [0.1, 0.15) is 27.0 Å². The second kappa shape index (κ2) is 9.04. The van der Waals surface area contributed by atoms with Crippen LogP contribution in [0.2, 0.25) is 0 Å². The van der Waals surface area contributed by atoms with Crippen molar-refractivity contribution in [2.75, 3.05) is 24.3 Å². The summed E-state index contributed by atoms with van der Waals surface area (Å²) in [5, 5.41) is 6.26. The number of amides is 1. The number of carbonyl (C=O) groups is 1. The van der Waals surface area contributed by atoms with Crippen LogP contribution in [0.15, 0.2) is 60.8 Å². The molecule has 0 saturated heterocycles. The van der Waals surface area contributed by atoms with E-state index in [1.165, 1.54) is 5.56 Å². The van der Waals surface area contributed by atoms with Gasteiger partial charge < -0.3 is 15.4 Å². The zero-order chi connectivity index (χ0) is 19.9. The van der Waals surface area contributed by atoms with Gasteiger partial charge in [-0.2, -0.15) is 0 Å². The molecule has 0 aliphatic carbocycles. The van der Waals surface area contributed by atoms with Crippen molar-refractivity contribution >= 4 is 17.4 Å². The topological polar surface area (TPSA) is 63.2 Å². The molecule has 144 valence electrons. The molecular weight excluding hydrogens is 350 g/mol. The normalized spacial score (nSPS) is 10.4. The van der Waals surface area contributed by atoms with Crippen LogP contribution < -0.4 is 15.4 Å². The summed E-state index contributed by atoms with van der Waals surface area (Å²) in [5.74, 6) is 1.39. The molecule has 0 bridgehead atoms. The van der Waals surface area contributed by atoms with Crippen molar-refractivity contribution in [1.82, 2.24) is 4.98 Å². The number of pyridine rings is 1. The summed E-state index contributed by atoms with van der Waals surface area (Å²) in [6, 6.07) is 17.4. The fourth-order valence-corrected chi connectivity index (χ4v) is 2.88. The minimum absolute atomic E-state index is 0.144. The average molecular weight is 375 g/mol. The van der Waals surface area contributed by atoms with Crippen LogP contribution in [0.5, 0.6) is 5.75 Å². The number of rotatable bonds is 7. The lowest BCUT2D eigenvalue weighted by Gasteiger charge is -2.11. The molecule has 0 spiro atoms. The van der Waals surface area contributed by atoms with Gasteiger partial charge in [0, 0.05) is 24.0 Å². The van der Waals surface area contributed by atoms with Crippen LogP contribution in [-0.2, 0) is 6.42 Å². The maximum absolute atomic E-state index is 12.6. The van der Waals surface area contributed by atoms with E-state index < -0.39 is 0 Å². The van der Waals surface area contributed by atoms with Crippen molar-refractivity contribution in [3.8, 4) is 5.75 Å². The fraction of sp³-hybridized carbons (Fsp3) is 0.217. The van der Waals surface area contributed by atoms with Crippen molar-refractivity contribution in [3.05, 3.63) is 83.0 Å². The molecule has 0 unspecified atom stereocenters. The van der Waals surface area contributed by atoms with Gasteiger partial charge in [0.25, 0.3) is 5.91 Å². The second-order valence-corrected chi connectivity index (χ2v) is 6.66. The number of aryl methyl sites for hydroxylation is 1. The monoisotopic (exact) mass is 375 g/mol. The van der Waals surface area contributed by atoms with Crippen molar-refractivity contribution < 1.29 is 9.53 Å². The van der Waals surface area contributed by atoms with Gasteiger partial charge >= 0.3 is 0 Å². The Morgan fingerprint density at radius 2 is 1.86 bits per heavy atom. The molecule has 5 nitrogen and oxygen atoms in total. The third-order valence-corrected chi connectivity index (χ3v) is 4.75. The number of hydrogen-bond acceptors (Lipinski definition) is 4. The van der Waals surface area contributed by atoms with Crippen LogP contribution >= 0.6 is 0 Å². The fourth-order valence-electron chi connectivity index (χ4n) is 2.88. The molecule has 2 aromatic carbocycles. The number of ether oxygens (including phenoxy) is 1. The molecule has 0 radical (unpaired) electrons. The maximum atomic E-state index is 12.6. The summed E-state index contributed by atoms with van der Waals surface area (Å²) in [6.07, 6.45) is 2.50. The van der Waals surface area contributed by atoms with Crippen LogP contribution in [-0.4, -0.2) is 24.5 Å². The molecule has 28 heavy (non-hydrogen) atoms. The Labute approximate surface area is 165 Å². The zero-order valence-corrected chi connectivity index (χ0v) is 16.5. The minimum Gasteiger partial charge on any atom is -0.497 e. The van der Waals surface area contributed by atoms with Crippen LogP contribution in [0.3, 0.4) is 0 Å². The number of carbonyl (C=O) groups excluding carboxylic acids is 1. The number of hydrogen-bond donors (Lipinski definition) is 2. The van der Waals surface area contributed by atoms with E-state index in [-0.39, 0.29) is 5.91 Å². The lowest BCUT2D eigenvalue weighted by atomic mass is 10.1. The Balaban J connectivity index is 1.59. The van der Waals surface area contributed by atoms with Gasteiger partial charge in [-0.3, -0.25) is 4.79 Å². The first-order valence-electron chi connectivity index (χ1n) is 9.27. The van der Waals surface area contributed by atoms with Crippen LogP contribution in [0.4, 0.5) is 11.5 Å². The molecule has 5 heteroatoms. The lowest BCUT2D eigenvalue weighted by molar-refractivity contribution is 0.102. The van der Waals surface area contributed by atoms with Crippen molar-refractivity contribution in [2.45, 2.75) is 20.3 Å². The Bertz CT molecular complexity index is 952. The highest BCUT2D eigenvalue weighted by Crippen LogP contribution is 2.19. The van der Waals surface area contributed by atoms with E-state index in [0.29, 0.717) is 11.4 Å². The maximum Gasteiger partial charge on any atom is 0.255 e. The smallest absolute Gasteiger partial charge is 0.255 e. The Morgan fingerprint density at radius 3 is 2.61 bits per heavy atom. The van der Waals surface area contributed by atoms with Crippen LogP contribution in [0.25, 0.3) is 0 Å². The van der Waals surface area contributed by atoms with Gasteiger partial charge in [-0.05, 0) is 67.3 Å². The second-order valence-electron chi connectivity index (χ2n) is 6.66. The summed E-state index contributed by atoms with van der Waals surface area (Å²) in [4.78, 5) is 16.9. The minimum atomic E-state index is -0.144. The number of benzene rings is 2. The summed E-state index contributed by atoms with van der Waals surface area (Å²) < 4.78 is 5.17. The first kappa shape index (κ1) is 19.4. The number of aromatic nitrogens is 1. The summed E-state index contributed by atoms with van der Waals surface area (Å²) in [6.45, 7) is 4.76. The molecule has 0 aliphatic rings. The number of anilines is 2. The zero-order valence-electron chi connectivity index (χ0n) is 16.5. The molecule has 3 rings (SSSR count). The van der Waals surface area contributed by atoms with Crippen molar-refractivity contribution in [2.24, 2.45) is 0 Å². The predicted octanol–water partition coefficient (Wildman–Crippen LogP) is 4.61. The van der Waals surface area contributed by atoms with Gasteiger partial charge in [0.2, 0.25) is 0 Å². The highest BCUT2D eigenvalue weighted by molar-refractivity contribution is 6.05. The quantitative estimate of drug-likeness (QED) is 0.633. The number of nitrogens with zero attached hydrogens (tertiary/aromatic N) is 1. The highest BCUT2D eigenvalue weighted by Gasteiger charge is 2.09. The standard InChI is InChI=1S/C23H25N3O2/c1-16-5-4-6-21(17(16)2)26-23(27)19-12-14-25-22(15-19)24-13-11-18-7-9-20(28-3)10-8-18/h4-10,12,14-15H,11,13H2,1-3H3,(H,24,25)(H,26,27). The van der Waals surface area contributed by atoms with Gasteiger partial charge in [0.1, 0.15) is 11.6 Å². The van der Waals surface area contributed by atoms with Crippen molar-refractivity contribution in [1.29, 1.82) is 0 Å². The third-order valence-electron chi connectivity index (χ3n) is 4.75. The Hall–Kier alpha value is -3.34. The largest absolute Gasteiger partial charge is 0.497 e. The summed E-state index contributed by atoms with van der Waals surface area (Å²) >= 11 is 0. The van der Waals surface area contributed by atoms with Crippen molar-refractivity contribution in [3.63, 3.8) is 0 Å². The van der Waals surface area contributed by atoms with Crippen LogP contribution in [0, 0.1) is 13.8 Å². The molecule has 0 aliphatic heterocycles. The van der Waals surface area contributed by atoms with Gasteiger partial charge in [0.05, 0.1) is 7.11 Å². The van der Waals surface area contributed by atoms with Gasteiger partial charge in [0.15, 0.2) is 0 Å². The molecule has 0 fully saturated rings. The first-order chi connectivity index (χ1) is 13.6. The van der Waals surface area contributed by atoms with E-state index in [4.69, 9.17) is 4.74 Å². The van der Waals surface area contributed by atoms with E-state index in [0.717, 1.165) is 35.5 Å². The molecular formula is C23H25N3O2. The molecule has 3 aromatic rings. The van der Waals surface area contributed by atoms with E-state index in [2.05, 4.69) is 15.6 Å². The first-order valence-corrected chi connectivity index (χ1v) is 9.27. The molecule has 1 amide bonds. The van der Waals surface area contributed by atoms with Gasteiger partial charge in [-0.15, -0.1) is 0 Å². The van der Waals surface area contributed by atoms with Gasteiger partial charge in [-0.1, -0.05) is 24.3 Å². The Morgan fingerprint density at radius 1 is 1.07 bits per heavy atom. The summed E-state index contributed by atoms with van der Waals surface area (Å²) in [7, 11) is 1.66. The molecule has 1 aromatic heterocycles. The third kappa shape index (κ3) is 4.88. The van der Waals surface area contributed by atoms with E-state index in [1.807, 2.05) is 56.3 Å². The SMILES string of the molecule is COc1ccc(CCNc2cc(C(=O)Nc3cccc(C)c3C)ccn2)cc1. The predicted molar refractivity (Wildman–Crippen MR) is 113 cm³/mol. The molecule has 0 saturated carbocycles. The van der Waals surface area contributed by atoms with E-state index in [9.17, 15) is 4.79 Å². The average Bonchev–Trinajstić information content (AvgIpc) is 2.72. The Kier molecular flexibility index (Phi) is 6.27. The number of methoxy groups -OCH3 is 1. The van der Waals surface area contributed by atoms with Gasteiger partial charge in [-0.25, -0.2) is 4.98 Å². The molecule has 1 heterocycles. The number of nitrogens with one attached hydrogen (secondary N) is 2. The summed E-state index contributed by atoms with van der Waals surface area (Å²) in [5.41, 5.74) is 4.83.